The van der Waals surface area contributed by atoms with E-state index in [0.717, 1.165) is 10.6 Å². The number of carbonyl (C=O) groups excluding carboxylic acids is 2. The summed E-state index contributed by atoms with van der Waals surface area (Å²) in [5.74, 6) is -0.251. The van der Waals surface area contributed by atoms with Gasteiger partial charge in [-0.05, 0) is 37.1 Å². The number of hydrogen-bond donors (Lipinski definition) is 1. The molecule has 1 atom stereocenters. The molecule has 0 heterocycles. The van der Waals surface area contributed by atoms with Crippen LogP contribution in [0.15, 0.2) is 36.4 Å². The Hall–Kier alpha value is -2.69. The number of ether oxygens (including phenoxy) is 2. The first-order valence-corrected chi connectivity index (χ1v) is 14.3. The molecule has 12 heteroatoms. The van der Waals surface area contributed by atoms with Gasteiger partial charge in [-0.3, -0.25) is 13.9 Å². The summed E-state index contributed by atoms with van der Waals surface area (Å²) in [5.41, 5.74) is 0.658. The van der Waals surface area contributed by atoms with Gasteiger partial charge in [0.15, 0.2) is 11.5 Å². The van der Waals surface area contributed by atoms with E-state index in [4.69, 9.17) is 32.7 Å². The maximum atomic E-state index is 13.8. The summed E-state index contributed by atoms with van der Waals surface area (Å²) < 4.78 is 37.1. The lowest BCUT2D eigenvalue weighted by Crippen LogP contribution is -2.52. The van der Waals surface area contributed by atoms with Crippen molar-refractivity contribution >= 4 is 50.7 Å². The van der Waals surface area contributed by atoms with Gasteiger partial charge in [0.2, 0.25) is 21.8 Å². The Labute approximate surface area is 228 Å². The second-order valence-corrected chi connectivity index (χ2v) is 11.0. The largest absolute Gasteiger partial charge is 0.493 e. The minimum absolute atomic E-state index is 0.0844. The van der Waals surface area contributed by atoms with Gasteiger partial charge in [0.05, 0.1) is 26.2 Å². The Morgan fingerprint density at radius 2 is 1.65 bits per heavy atom. The molecule has 2 aromatic rings. The van der Waals surface area contributed by atoms with Crippen molar-refractivity contribution in [3.63, 3.8) is 0 Å². The number of hydrogen-bond acceptors (Lipinski definition) is 6. The van der Waals surface area contributed by atoms with Gasteiger partial charge in [0.25, 0.3) is 0 Å². The molecular weight excluding hydrogens is 541 g/mol. The van der Waals surface area contributed by atoms with Gasteiger partial charge in [-0.1, -0.05) is 43.1 Å². The molecule has 2 aromatic carbocycles. The predicted molar refractivity (Wildman–Crippen MR) is 146 cm³/mol. The van der Waals surface area contributed by atoms with Crippen molar-refractivity contribution in [2.24, 2.45) is 0 Å². The number of anilines is 1. The van der Waals surface area contributed by atoms with E-state index in [0.29, 0.717) is 46.5 Å². The fraction of sp³-hybridized carbons (Fsp3) is 0.440. The number of benzene rings is 2. The number of methoxy groups -OCH3 is 2. The molecule has 0 spiro atoms. The summed E-state index contributed by atoms with van der Waals surface area (Å²) in [5, 5.41) is 3.47. The second-order valence-electron chi connectivity index (χ2n) is 8.25. The average Bonchev–Trinajstić information content (AvgIpc) is 2.86. The summed E-state index contributed by atoms with van der Waals surface area (Å²) in [4.78, 5) is 28.1. The lowest BCUT2D eigenvalue weighted by molar-refractivity contribution is -0.140. The molecule has 0 saturated heterocycles. The number of nitrogens with one attached hydrogen (secondary N) is 1. The molecule has 0 radical (unpaired) electrons. The highest BCUT2D eigenvalue weighted by molar-refractivity contribution is 7.92. The maximum absolute atomic E-state index is 13.8. The van der Waals surface area contributed by atoms with Gasteiger partial charge >= 0.3 is 0 Å². The summed E-state index contributed by atoms with van der Waals surface area (Å²) >= 11 is 12.7. The van der Waals surface area contributed by atoms with E-state index in [2.05, 4.69) is 5.32 Å². The Morgan fingerprint density at radius 3 is 2.16 bits per heavy atom. The second kappa shape index (κ2) is 13.7. The van der Waals surface area contributed by atoms with E-state index in [1.165, 1.54) is 31.3 Å². The van der Waals surface area contributed by atoms with Crippen LogP contribution in [-0.4, -0.2) is 64.7 Å². The van der Waals surface area contributed by atoms with Crippen LogP contribution < -0.4 is 19.1 Å². The van der Waals surface area contributed by atoms with Gasteiger partial charge in [0, 0.05) is 34.8 Å². The van der Waals surface area contributed by atoms with Crippen molar-refractivity contribution in [3.8, 4) is 11.5 Å². The van der Waals surface area contributed by atoms with E-state index in [1.54, 1.807) is 31.2 Å². The SMILES string of the molecule is CCCNC(=O)[C@H](CC)N(Cc1c(Cl)cccc1Cl)C(=O)CN(c1ccc(OC)c(OC)c1)S(C)(=O)=O. The molecule has 37 heavy (non-hydrogen) atoms. The highest BCUT2D eigenvalue weighted by Gasteiger charge is 2.32. The standard InChI is InChI=1S/C25H33Cl2N3O6S/c1-6-13-28-25(32)21(7-2)29(15-18-19(26)9-8-10-20(18)27)24(31)16-30(37(5,33)34)17-11-12-22(35-3)23(14-17)36-4/h8-12,14,21H,6-7,13,15-16H2,1-5H3,(H,28,32)/t21-/m0/s1. The molecule has 0 bridgehead atoms. The fourth-order valence-electron chi connectivity index (χ4n) is 3.73. The summed E-state index contributed by atoms with van der Waals surface area (Å²) in [7, 11) is -1.03. The number of amides is 2. The van der Waals surface area contributed by atoms with E-state index < -0.39 is 28.5 Å². The third kappa shape index (κ3) is 7.90. The van der Waals surface area contributed by atoms with Crippen molar-refractivity contribution in [1.82, 2.24) is 10.2 Å². The molecule has 0 aliphatic rings. The normalized spacial score (nSPS) is 12.0. The number of nitrogens with zero attached hydrogens (tertiary/aromatic N) is 2. The van der Waals surface area contributed by atoms with Gasteiger partial charge in [-0.25, -0.2) is 8.42 Å². The van der Waals surface area contributed by atoms with Crippen LogP contribution in [0.2, 0.25) is 10.0 Å². The Balaban J connectivity index is 2.53. The van der Waals surface area contributed by atoms with Gasteiger partial charge in [0.1, 0.15) is 12.6 Å². The lowest BCUT2D eigenvalue weighted by Gasteiger charge is -2.33. The zero-order chi connectivity index (χ0) is 27.8. The average molecular weight is 575 g/mol. The molecule has 1 N–H and O–H groups in total. The van der Waals surface area contributed by atoms with Crippen LogP contribution in [0.1, 0.15) is 32.3 Å². The Kier molecular flexibility index (Phi) is 11.3. The predicted octanol–water partition coefficient (Wildman–Crippen LogP) is 4.11. The van der Waals surface area contributed by atoms with E-state index in [1.807, 2.05) is 6.92 Å². The van der Waals surface area contributed by atoms with Crippen LogP contribution in [0.4, 0.5) is 5.69 Å². The molecule has 0 saturated carbocycles. The zero-order valence-corrected chi connectivity index (χ0v) is 23.9. The first kappa shape index (κ1) is 30.5. The highest BCUT2D eigenvalue weighted by atomic mass is 35.5. The van der Waals surface area contributed by atoms with Gasteiger partial charge in [-0.2, -0.15) is 0 Å². The number of sulfonamides is 1. The Bertz CT molecular complexity index is 1190. The topological polar surface area (TPSA) is 105 Å². The van der Waals surface area contributed by atoms with Crippen molar-refractivity contribution in [2.45, 2.75) is 39.3 Å². The van der Waals surface area contributed by atoms with Crippen molar-refractivity contribution in [1.29, 1.82) is 0 Å². The monoisotopic (exact) mass is 573 g/mol. The van der Waals surface area contributed by atoms with E-state index >= 15 is 0 Å². The molecule has 0 fully saturated rings. The molecule has 204 valence electrons. The molecule has 0 aliphatic carbocycles. The van der Waals surface area contributed by atoms with E-state index in [9.17, 15) is 18.0 Å². The highest BCUT2D eigenvalue weighted by Crippen LogP contribution is 2.33. The Morgan fingerprint density at radius 1 is 1.03 bits per heavy atom. The molecule has 9 nitrogen and oxygen atoms in total. The summed E-state index contributed by atoms with van der Waals surface area (Å²) in [6.07, 6.45) is 2.00. The molecule has 2 rings (SSSR count). The first-order chi connectivity index (χ1) is 17.5. The minimum atomic E-state index is -3.91. The van der Waals surface area contributed by atoms with Crippen LogP contribution in [0, 0.1) is 0 Å². The number of rotatable bonds is 13. The quantitative estimate of drug-likeness (QED) is 0.386. The summed E-state index contributed by atoms with van der Waals surface area (Å²) in [6, 6.07) is 8.59. The maximum Gasteiger partial charge on any atom is 0.244 e. The summed E-state index contributed by atoms with van der Waals surface area (Å²) in [6.45, 7) is 3.48. The smallest absolute Gasteiger partial charge is 0.244 e. The molecular formula is C25H33Cl2N3O6S. The molecule has 0 aromatic heterocycles. The van der Waals surface area contributed by atoms with Crippen molar-refractivity contribution < 1.29 is 27.5 Å². The van der Waals surface area contributed by atoms with Crippen LogP contribution in [0.25, 0.3) is 0 Å². The van der Waals surface area contributed by atoms with Gasteiger partial charge < -0.3 is 19.7 Å². The van der Waals surface area contributed by atoms with Crippen molar-refractivity contribution in [3.05, 3.63) is 52.0 Å². The van der Waals surface area contributed by atoms with Crippen LogP contribution in [0.5, 0.6) is 11.5 Å². The molecule has 0 aliphatic heterocycles. The van der Waals surface area contributed by atoms with Crippen LogP contribution in [-0.2, 0) is 26.2 Å². The molecule has 0 unspecified atom stereocenters. The third-order valence-electron chi connectivity index (χ3n) is 5.66. The van der Waals surface area contributed by atoms with Crippen LogP contribution in [0.3, 0.4) is 0 Å². The van der Waals surface area contributed by atoms with E-state index in [-0.39, 0.29) is 18.1 Å². The fourth-order valence-corrected chi connectivity index (χ4v) is 5.09. The van der Waals surface area contributed by atoms with Gasteiger partial charge in [-0.15, -0.1) is 0 Å². The van der Waals surface area contributed by atoms with Crippen LogP contribution >= 0.6 is 23.2 Å². The zero-order valence-electron chi connectivity index (χ0n) is 21.6. The number of halogens is 2. The lowest BCUT2D eigenvalue weighted by atomic mass is 10.1. The molecule has 2 amide bonds. The number of carbonyl (C=O) groups is 2. The minimum Gasteiger partial charge on any atom is -0.493 e. The third-order valence-corrected chi connectivity index (χ3v) is 7.51. The van der Waals surface area contributed by atoms with Crippen molar-refractivity contribution in [2.75, 3.05) is 37.9 Å². The first-order valence-electron chi connectivity index (χ1n) is 11.7.